The lowest BCUT2D eigenvalue weighted by atomic mass is 9.74. The van der Waals surface area contributed by atoms with Crippen molar-refractivity contribution in [3.05, 3.63) is 0 Å². The Morgan fingerprint density at radius 1 is 1.45 bits per heavy atom. The van der Waals surface area contributed by atoms with Gasteiger partial charge in [-0.05, 0) is 24.7 Å². The maximum atomic E-state index is 10.6. The number of hydrogen-bond acceptors (Lipinski definition) is 1. The Kier molecular flexibility index (Phi) is 2.53. The van der Waals surface area contributed by atoms with Crippen molar-refractivity contribution in [3.63, 3.8) is 0 Å². The van der Waals surface area contributed by atoms with E-state index in [0.29, 0.717) is 6.04 Å². The van der Waals surface area contributed by atoms with Crippen LogP contribution in [0.15, 0.2) is 0 Å². The molecule has 1 aliphatic rings. The van der Waals surface area contributed by atoms with Crippen molar-refractivity contribution in [2.75, 3.05) is 0 Å². The second-order valence-corrected chi connectivity index (χ2v) is 3.87. The molecule has 0 aromatic rings. The Bertz CT molecular complexity index is 148. The van der Waals surface area contributed by atoms with Gasteiger partial charge in [0.25, 0.3) is 0 Å². The number of amides is 1. The van der Waals surface area contributed by atoms with E-state index in [1.165, 1.54) is 12.8 Å². The summed E-state index contributed by atoms with van der Waals surface area (Å²) in [5, 5.41) is 2.93. The first-order valence-electron chi connectivity index (χ1n) is 4.36. The predicted molar refractivity (Wildman–Crippen MR) is 45.2 cm³/mol. The highest BCUT2D eigenvalue weighted by Gasteiger charge is 2.31. The predicted octanol–water partition coefficient (Wildman–Crippen LogP) is 1.56. The van der Waals surface area contributed by atoms with E-state index in [-0.39, 0.29) is 5.91 Å². The molecule has 1 amide bonds. The zero-order valence-electron chi connectivity index (χ0n) is 7.55. The van der Waals surface area contributed by atoms with E-state index < -0.39 is 0 Å². The smallest absolute Gasteiger partial charge is 0.217 e. The first-order chi connectivity index (χ1) is 5.09. The first kappa shape index (κ1) is 8.57. The molecule has 1 saturated carbocycles. The number of carbonyl (C=O) groups excluding carboxylic acids is 1. The molecule has 1 rings (SSSR count). The van der Waals surface area contributed by atoms with Crippen molar-refractivity contribution in [2.45, 2.75) is 39.7 Å². The van der Waals surface area contributed by atoms with Crippen LogP contribution < -0.4 is 5.32 Å². The van der Waals surface area contributed by atoms with E-state index >= 15 is 0 Å². The van der Waals surface area contributed by atoms with E-state index in [4.69, 9.17) is 0 Å². The molecule has 64 valence electrons. The van der Waals surface area contributed by atoms with Crippen LogP contribution in [0.1, 0.15) is 33.6 Å². The Hall–Kier alpha value is -0.530. The SMILES string of the molecule is CC(=O)NC1CC(C(C)C)C1. The van der Waals surface area contributed by atoms with Gasteiger partial charge in [-0.1, -0.05) is 13.8 Å². The molecule has 1 fully saturated rings. The van der Waals surface area contributed by atoms with Crippen molar-refractivity contribution < 1.29 is 4.79 Å². The molecule has 0 bridgehead atoms. The lowest BCUT2D eigenvalue weighted by Crippen LogP contribution is -2.44. The number of rotatable bonds is 2. The van der Waals surface area contributed by atoms with Gasteiger partial charge in [-0.3, -0.25) is 4.79 Å². The number of hydrogen-bond donors (Lipinski definition) is 1. The van der Waals surface area contributed by atoms with Crippen LogP contribution in [0, 0.1) is 11.8 Å². The Morgan fingerprint density at radius 2 is 2.00 bits per heavy atom. The molecule has 0 aliphatic heterocycles. The Labute approximate surface area is 68.4 Å². The van der Waals surface area contributed by atoms with Gasteiger partial charge in [0.2, 0.25) is 5.91 Å². The number of carbonyl (C=O) groups is 1. The van der Waals surface area contributed by atoms with Crippen LogP contribution in [-0.2, 0) is 4.79 Å². The maximum Gasteiger partial charge on any atom is 0.217 e. The van der Waals surface area contributed by atoms with Gasteiger partial charge in [-0.2, -0.15) is 0 Å². The van der Waals surface area contributed by atoms with Gasteiger partial charge in [-0.25, -0.2) is 0 Å². The van der Waals surface area contributed by atoms with Gasteiger partial charge in [0.1, 0.15) is 0 Å². The maximum absolute atomic E-state index is 10.6. The molecule has 2 nitrogen and oxygen atoms in total. The summed E-state index contributed by atoms with van der Waals surface area (Å²) in [5.41, 5.74) is 0. The van der Waals surface area contributed by atoms with Crippen molar-refractivity contribution >= 4 is 5.91 Å². The minimum atomic E-state index is 0.109. The van der Waals surface area contributed by atoms with E-state index in [1.807, 2.05) is 0 Å². The molecule has 1 N–H and O–H groups in total. The highest BCUT2D eigenvalue weighted by Crippen LogP contribution is 2.33. The van der Waals surface area contributed by atoms with E-state index in [9.17, 15) is 4.79 Å². The van der Waals surface area contributed by atoms with Crippen molar-refractivity contribution in [2.24, 2.45) is 11.8 Å². The first-order valence-corrected chi connectivity index (χ1v) is 4.36. The van der Waals surface area contributed by atoms with Gasteiger partial charge in [0.15, 0.2) is 0 Å². The van der Waals surface area contributed by atoms with Gasteiger partial charge < -0.3 is 5.32 Å². The third-order valence-electron chi connectivity index (χ3n) is 2.52. The van der Waals surface area contributed by atoms with Crippen LogP contribution in [0.3, 0.4) is 0 Å². The third-order valence-corrected chi connectivity index (χ3v) is 2.52. The number of nitrogens with one attached hydrogen (secondary N) is 1. The van der Waals surface area contributed by atoms with Gasteiger partial charge >= 0.3 is 0 Å². The van der Waals surface area contributed by atoms with Crippen LogP contribution >= 0.6 is 0 Å². The van der Waals surface area contributed by atoms with E-state index in [0.717, 1.165) is 11.8 Å². The normalized spacial score (nSPS) is 29.8. The van der Waals surface area contributed by atoms with E-state index in [1.54, 1.807) is 6.92 Å². The summed E-state index contributed by atoms with van der Waals surface area (Å²) in [5.74, 6) is 1.73. The summed E-state index contributed by atoms with van der Waals surface area (Å²) >= 11 is 0. The molecule has 0 unspecified atom stereocenters. The second kappa shape index (κ2) is 3.24. The van der Waals surface area contributed by atoms with Crippen molar-refractivity contribution in [1.29, 1.82) is 0 Å². The molecule has 0 spiro atoms. The highest BCUT2D eigenvalue weighted by molar-refractivity contribution is 5.73. The fraction of sp³-hybridized carbons (Fsp3) is 0.889. The topological polar surface area (TPSA) is 29.1 Å². The molecular weight excluding hydrogens is 138 g/mol. The van der Waals surface area contributed by atoms with Crippen molar-refractivity contribution in [3.8, 4) is 0 Å². The Balaban J connectivity index is 2.14. The fourth-order valence-electron chi connectivity index (χ4n) is 1.61. The zero-order chi connectivity index (χ0) is 8.43. The summed E-state index contributed by atoms with van der Waals surface area (Å²) < 4.78 is 0. The summed E-state index contributed by atoms with van der Waals surface area (Å²) in [6.07, 6.45) is 2.36. The molecule has 2 heteroatoms. The molecule has 11 heavy (non-hydrogen) atoms. The second-order valence-electron chi connectivity index (χ2n) is 3.87. The Morgan fingerprint density at radius 3 is 2.36 bits per heavy atom. The van der Waals surface area contributed by atoms with Gasteiger partial charge in [0, 0.05) is 13.0 Å². The molecule has 0 aromatic heterocycles. The summed E-state index contributed by atoms with van der Waals surface area (Å²) in [6.45, 7) is 6.08. The van der Waals surface area contributed by atoms with Gasteiger partial charge in [0.05, 0.1) is 0 Å². The molecule has 0 saturated heterocycles. The van der Waals surface area contributed by atoms with Crippen LogP contribution in [-0.4, -0.2) is 11.9 Å². The highest BCUT2D eigenvalue weighted by atomic mass is 16.1. The summed E-state index contributed by atoms with van der Waals surface area (Å²) in [4.78, 5) is 10.6. The minimum absolute atomic E-state index is 0.109. The van der Waals surface area contributed by atoms with Gasteiger partial charge in [-0.15, -0.1) is 0 Å². The standard InChI is InChI=1S/C9H17NO/c1-6(2)8-4-9(5-8)10-7(3)11/h6,8-9H,4-5H2,1-3H3,(H,10,11). The van der Waals surface area contributed by atoms with Crippen molar-refractivity contribution in [1.82, 2.24) is 5.32 Å². The fourth-order valence-corrected chi connectivity index (χ4v) is 1.61. The molecule has 0 radical (unpaired) electrons. The van der Waals surface area contributed by atoms with Crippen LogP contribution in [0.4, 0.5) is 0 Å². The average Bonchev–Trinajstić information content (AvgIpc) is 1.75. The lowest BCUT2D eigenvalue weighted by Gasteiger charge is -2.38. The van der Waals surface area contributed by atoms with Crippen LogP contribution in [0.25, 0.3) is 0 Å². The summed E-state index contributed by atoms with van der Waals surface area (Å²) in [7, 11) is 0. The van der Waals surface area contributed by atoms with E-state index in [2.05, 4.69) is 19.2 Å². The molecule has 0 heterocycles. The minimum Gasteiger partial charge on any atom is -0.354 e. The molecule has 0 atom stereocenters. The average molecular weight is 155 g/mol. The largest absolute Gasteiger partial charge is 0.354 e. The molecular formula is C9H17NO. The molecule has 1 aliphatic carbocycles. The summed E-state index contributed by atoms with van der Waals surface area (Å²) in [6, 6.07) is 0.472. The lowest BCUT2D eigenvalue weighted by molar-refractivity contribution is -0.120. The quantitative estimate of drug-likeness (QED) is 0.644. The van der Waals surface area contributed by atoms with Crippen LogP contribution in [0.5, 0.6) is 0 Å². The molecule has 0 aromatic carbocycles. The monoisotopic (exact) mass is 155 g/mol. The zero-order valence-corrected chi connectivity index (χ0v) is 7.55. The third kappa shape index (κ3) is 2.21. The van der Waals surface area contributed by atoms with Crippen LogP contribution in [0.2, 0.25) is 0 Å².